The molecule has 3 amide bonds. The molecule has 7 rings (SSSR count). The van der Waals surface area contributed by atoms with E-state index in [0.717, 1.165) is 42.7 Å². The molecule has 2 aliphatic heterocycles. The minimum absolute atomic E-state index is 0.0102. The van der Waals surface area contributed by atoms with Gasteiger partial charge in [0.15, 0.2) is 6.61 Å². The lowest BCUT2D eigenvalue weighted by atomic mass is 9.49. The van der Waals surface area contributed by atoms with Gasteiger partial charge in [-0.1, -0.05) is 12.1 Å². The molecule has 33 heavy (non-hydrogen) atoms. The number of piperazine rings is 1. The number of ether oxygens (including phenoxy) is 1. The van der Waals surface area contributed by atoms with Crippen molar-refractivity contribution >= 4 is 23.4 Å². The molecule has 0 N–H and O–H groups in total. The number of anilines is 1. The second kappa shape index (κ2) is 8.03. The van der Waals surface area contributed by atoms with E-state index in [1.165, 1.54) is 19.3 Å². The summed E-state index contributed by atoms with van der Waals surface area (Å²) in [4.78, 5) is 44.4. The molecule has 4 bridgehead atoms. The summed E-state index contributed by atoms with van der Waals surface area (Å²) >= 11 is 0. The third-order valence-corrected chi connectivity index (χ3v) is 8.77. The van der Waals surface area contributed by atoms with Crippen LogP contribution >= 0.6 is 0 Å². The van der Waals surface area contributed by atoms with E-state index in [0.29, 0.717) is 44.4 Å². The van der Waals surface area contributed by atoms with Gasteiger partial charge in [0, 0.05) is 39.1 Å². The molecule has 2 heterocycles. The molecule has 0 atom stereocenters. The second-order valence-electron chi connectivity index (χ2n) is 10.9. The monoisotopic (exact) mass is 451 g/mol. The van der Waals surface area contributed by atoms with Crippen molar-refractivity contribution in [1.29, 1.82) is 0 Å². The number of hydrogen-bond acceptors (Lipinski definition) is 4. The van der Waals surface area contributed by atoms with Gasteiger partial charge in [0.2, 0.25) is 11.8 Å². The minimum atomic E-state index is -0.118. The molecule has 0 aromatic heterocycles. The topological polar surface area (TPSA) is 70.2 Å². The van der Waals surface area contributed by atoms with Crippen LogP contribution in [-0.4, -0.2) is 66.9 Å². The highest BCUT2D eigenvalue weighted by Gasteiger charge is 2.55. The van der Waals surface area contributed by atoms with E-state index >= 15 is 0 Å². The number of hydrogen-bond donors (Lipinski definition) is 0. The number of nitrogens with zero attached hydrogens (tertiary/aromatic N) is 3. The summed E-state index contributed by atoms with van der Waals surface area (Å²) in [7, 11) is 0. The Labute approximate surface area is 195 Å². The van der Waals surface area contributed by atoms with E-state index < -0.39 is 0 Å². The lowest BCUT2D eigenvalue weighted by Crippen LogP contribution is -2.58. The van der Waals surface area contributed by atoms with Gasteiger partial charge in [-0.15, -0.1) is 0 Å². The van der Waals surface area contributed by atoms with Crippen LogP contribution < -0.4 is 9.64 Å². The maximum atomic E-state index is 13.6. The number of benzene rings is 1. The fraction of sp³-hybridized carbons (Fsp3) is 0.654. The number of amides is 3. The van der Waals surface area contributed by atoms with Crippen LogP contribution in [0.4, 0.5) is 5.69 Å². The first-order valence-corrected chi connectivity index (χ1v) is 12.6. The van der Waals surface area contributed by atoms with Gasteiger partial charge < -0.3 is 19.4 Å². The zero-order valence-electron chi connectivity index (χ0n) is 19.2. The third-order valence-electron chi connectivity index (χ3n) is 8.77. The molecular weight excluding hydrogens is 418 g/mol. The molecular formula is C26H33N3O4. The predicted octanol–water partition coefficient (Wildman–Crippen LogP) is 2.69. The summed E-state index contributed by atoms with van der Waals surface area (Å²) in [5, 5.41) is 0. The molecule has 6 aliphatic rings. The third kappa shape index (κ3) is 3.69. The first-order chi connectivity index (χ1) is 16.0. The highest BCUT2D eigenvalue weighted by molar-refractivity contribution is 5.98. The molecule has 176 valence electrons. The van der Waals surface area contributed by atoms with Gasteiger partial charge in [-0.25, -0.2) is 0 Å². The van der Waals surface area contributed by atoms with Crippen molar-refractivity contribution in [3.05, 3.63) is 24.3 Å². The van der Waals surface area contributed by atoms with Gasteiger partial charge in [-0.2, -0.15) is 0 Å². The SMILES string of the molecule is O=C(CCN1C(=O)COc2ccccc21)N1CCN(C(=O)C23CC4CC(CC(C4)C2)C3)CC1. The maximum absolute atomic E-state index is 13.6. The normalized spacial score (nSPS) is 32.5. The Hall–Kier alpha value is -2.57. The Morgan fingerprint density at radius 2 is 1.52 bits per heavy atom. The summed E-state index contributed by atoms with van der Waals surface area (Å²) in [6.07, 6.45) is 7.56. The fourth-order valence-corrected chi connectivity index (χ4v) is 7.63. The maximum Gasteiger partial charge on any atom is 0.265 e. The van der Waals surface area contributed by atoms with E-state index in [1.807, 2.05) is 34.1 Å². The summed E-state index contributed by atoms with van der Waals surface area (Å²) in [6, 6.07) is 7.44. The van der Waals surface area contributed by atoms with Crippen molar-refractivity contribution in [3.8, 4) is 5.75 Å². The first-order valence-electron chi connectivity index (χ1n) is 12.6. The van der Waals surface area contributed by atoms with Crippen molar-refractivity contribution in [1.82, 2.24) is 9.80 Å². The number of fused-ring (bicyclic) bond motifs is 1. The summed E-state index contributed by atoms with van der Waals surface area (Å²) in [6.45, 7) is 2.80. The van der Waals surface area contributed by atoms with Crippen LogP contribution in [0.25, 0.3) is 0 Å². The van der Waals surface area contributed by atoms with Gasteiger partial charge >= 0.3 is 0 Å². The quantitative estimate of drug-likeness (QED) is 0.706. The molecule has 7 heteroatoms. The lowest BCUT2D eigenvalue weighted by molar-refractivity contribution is -0.160. The fourth-order valence-electron chi connectivity index (χ4n) is 7.63. The Morgan fingerprint density at radius 1 is 0.909 bits per heavy atom. The lowest BCUT2D eigenvalue weighted by Gasteiger charge is -2.57. The Morgan fingerprint density at radius 3 is 2.18 bits per heavy atom. The molecule has 0 radical (unpaired) electrons. The van der Waals surface area contributed by atoms with Gasteiger partial charge in [-0.05, 0) is 68.4 Å². The highest BCUT2D eigenvalue weighted by atomic mass is 16.5. The van der Waals surface area contributed by atoms with Gasteiger partial charge in [-0.3, -0.25) is 14.4 Å². The summed E-state index contributed by atoms with van der Waals surface area (Å²) in [5.41, 5.74) is 0.623. The number of carbonyl (C=O) groups is 3. The van der Waals surface area contributed by atoms with Crippen LogP contribution in [0.5, 0.6) is 5.75 Å². The molecule has 0 unspecified atom stereocenters. The number of rotatable bonds is 4. The molecule has 1 aromatic carbocycles. The minimum Gasteiger partial charge on any atom is -0.482 e. The van der Waals surface area contributed by atoms with Gasteiger partial charge in [0.05, 0.1) is 11.1 Å². The predicted molar refractivity (Wildman–Crippen MR) is 123 cm³/mol. The van der Waals surface area contributed by atoms with Crippen molar-refractivity contribution in [2.24, 2.45) is 23.2 Å². The molecule has 5 fully saturated rings. The van der Waals surface area contributed by atoms with Gasteiger partial charge in [0.25, 0.3) is 5.91 Å². The average molecular weight is 452 g/mol. The number of para-hydroxylation sites is 2. The van der Waals surface area contributed by atoms with E-state index in [-0.39, 0.29) is 30.3 Å². The Kier molecular flexibility index (Phi) is 5.11. The molecule has 7 nitrogen and oxygen atoms in total. The smallest absolute Gasteiger partial charge is 0.265 e. The van der Waals surface area contributed by atoms with E-state index in [1.54, 1.807) is 4.90 Å². The van der Waals surface area contributed by atoms with Crippen LogP contribution in [0.15, 0.2) is 24.3 Å². The zero-order valence-corrected chi connectivity index (χ0v) is 19.2. The average Bonchev–Trinajstić information content (AvgIpc) is 2.82. The Balaban J connectivity index is 1.04. The summed E-state index contributed by atoms with van der Waals surface area (Å²) < 4.78 is 5.49. The molecule has 1 saturated heterocycles. The van der Waals surface area contributed by atoms with E-state index in [2.05, 4.69) is 0 Å². The molecule has 4 saturated carbocycles. The highest BCUT2D eigenvalue weighted by Crippen LogP contribution is 2.60. The summed E-state index contributed by atoms with van der Waals surface area (Å²) in [5.74, 6) is 3.26. The van der Waals surface area contributed by atoms with Crippen LogP contribution in [-0.2, 0) is 14.4 Å². The van der Waals surface area contributed by atoms with Crippen LogP contribution in [0.2, 0.25) is 0 Å². The van der Waals surface area contributed by atoms with E-state index in [9.17, 15) is 14.4 Å². The molecule has 4 aliphatic carbocycles. The van der Waals surface area contributed by atoms with Crippen LogP contribution in [0.3, 0.4) is 0 Å². The van der Waals surface area contributed by atoms with Crippen LogP contribution in [0, 0.1) is 23.2 Å². The Bertz CT molecular complexity index is 933. The zero-order chi connectivity index (χ0) is 22.6. The van der Waals surface area contributed by atoms with Crippen molar-refractivity contribution in [3.63, 3.8) is 0 Å². The van der Waals surface area contributed by atoms with Gasteiger partial charge in [0.1, 0.15) is 5.75 Å². The molecule has 1 aromatic rings. The van der Waals surface area contributed by atoms with Crippen molar-refractivity contribution in [2.75, 3.05) is 44.2 Å². The number of carbonyl (C=O) groups excluding carboxylic acids is 3. The van der Waals surface area contributed by atoms with Crippen molar-refractivity contribution in [2.45, 2.75) is 44.9 Å². The first kappa shape index (κ1) is 21.0. The van der Waals surface area contributed by atoms with Crippen LogP contribution in [0.1, 0.15) is 44.9 Å². The van der Waals surface area contributed by atoms with Crippen molar-refractivity contribution < 1.29 is 19.1 Å². The molecule has 0 spiro atoms. The second-order valence-corrected chi connectivity index (χ2v) is 10.9. The standard InChI is InChI=1S/C26H33N3O4/c30-23(5-6-29-21-3-1-2-4-22(21)33-17-24(29)31)27-7-9-28(10-8-27)25(32)26-14-18-11-19(15-26)13-20(12-18)16-26/h1-4,18-20H,5-17H2. The largest absolute Gasteiger partial charge is 0.482 e. The van der Waals surface area contributed by atoms with E-state index in [4.69, 9.17) is 4.74 Å².